The Morgan fingerprint density at radius 1 is 1.23 bits per heavy atom. The molecule has 2 aromatic rings. The minimum Gasteiger partial charge on any atom is -0.496 e. The summed E-state index contributed by atoms with van der Waals surface area (Å²) in [5.74, 6) is 1.09. The highest BCUT2D eigenvalue weighted by atomic mass is 35.5. The van der Waals surface area contributed by atoms with Crippen LogP contribution in [0, 0.1) is 0 Å². The molecule has 0 heterocycles. The highest BCUT2D eigenvalue weighted by Crippen LogP contribution is 2.24. The largest absolute Gasteiger partial charge is 0.496 e. The van der Waals surface area contributed by atoms with Gasteiger partial charge >= 0.3 is 0 Å². The normalized spacial score (nSPS) is 11.6. The van der Waals surface area contributed by atoms with Crippen LogP contribution in [0.25, 0.3) is 0 Å². The van der Waals surface area contributed by atoms with Crippen molar-refractivity contribution < 1.29 is 14.3 Å². The summed E-state index contributed by atoms with van der Waals surface area (Å²) in [5, 5.41) is 3.45. The second-order valence-electron chi connectivity index (χ2n) is 4.78. The number of hydrogen-bond acceptors (Lipinski definition) is 3. The molecule has 0 aliphatic rings. The summed E-state index contributed by atoms with van der Waals surface area (Å²) in [7, 11) is 1.61. The molecule has 116 valence electrons. The number of amides is 1. The molecule has 5 heteroatoms. The Hall–Kier alpha value is -2.20. The molecule has 0 spiro atoms. The van der Waals surface area contributed by atoms with E-state index in [1.807, 2.05) is 31.2 Å². The average molecular weight is 320 g/mol. The third-order valence-corrected chi connectivity index (χ3v) is 3.38. The molecule has 2 rings (SSSR count). The van der Waals surface area contributed by atoms with Gasteiger partial charge in [0.15, 0.2) is 6.61 Å². The van der Waals surface area contributed by atoms with Crippen molar-refractivity contribution in [3.05, 3.63) is 59.1 Å². The number of benzene rings is 2. The van der Waals surface area contributed by atoms with Crippen LogP contribution in [0.1, 0.15) is 18.5 Å². The summed E-state index contributed by atoms with van der Waals surface area (Å²) >= 11 is 5.86. The van der Waals surface area contributed by atoms with Crippen LogP contribution in [0.3, 0.4) is 0 Å². The van der Waals surface area contributed by atoms with E-state index >= 15 is 0 Å². The molecule has 0 saturated heterocycles. The summed E-state index contributed by atoms with van der Waals surface area (Å²) in [5.41, 5.74) is 0.918. The van der Waals surface area contributed by atoms with Gasteiger partial charge in [-0.15, -0.1) is 0 Å². The number of methoxy groups -OCH3 is 1. The van der Waals surface area contributed by atoms with E-state index in [0.717, 1.165) is 11.3 Å². The van der Waals surface area contributed by atoms with Crippen LogP contribution in [-0.2, 0) is 4.79 Å². The first-order valence-electron chi connectivity index (χ1n) is 6.91. The Morgan fingerprint density at radius 3 is 2.73 bits per heavy atom. The molecule has 0 aliphatic carbocycles. The van der Waals surface area contributed by atoms with Crippen LogP contribution in [0.5, 0.6) is 11.5 Å². The zero-order chi connectivity index (χ0) is 15.9. The number of rotatable bonds is 6. The third-order valence-electron chi connectivity index (χ3n) is 3.15. The second-order valence-corrected chi connectivity index (χ2v) is 5.21. The number of carbonyl (C=O) groups is 1. The van der Waals surface area contributed by atoms with E-state index in [1.165, 1.54) is 0 Å². The molecule has 4 nitrogen and oxygen atoms in total. The van der Waals surface area contributed by atoms with Gasteiger partial charge < -0.3 is 14.8 Å². The van der Waals surface area contributed by atoms with Crippen molar-refractivity contribution in [1.82, 2.24) is 5.32 Å². The van der Waals surface area contributed by atoms with Crippen LogP contribution in [-0.4, -0.2) is 19.6 Å². The Kier molecular flexibility index (Phi) is 5.67. The van der Waals surface area contributed by atoms with Gasteiger partial charge in [0.25, 0.3) is 5.91 Å². The van der Waals surface area contributed by atoms with Crippen LogP contribution in [0.15, 0.2) is 48.5 Å². The van der Waals surface area contributed by atoms with Crippen LogP contribution in [0.4, 0.5) is 0 Å². The first-order valence-corrected chi connectivity index (χ1v) is 7.28. The molecule has 22 heavy (non-hydrogen) atoms. The molecule has 1 amide bonds. The quantitative estimate of drug-likeness (QED) is 0.885. The average Bonchev–Trinajstić information content (AvgIpc) is 2.53. The van der Waals surface area contributed by atoms with E-state index in [1.54, 1.807) is 31.4 Å². The molecular formula is C17H18ClNO3. The molecule has 1 atom stereocenters. The highest BCUT2D eigenvalue weighted by molar-refractivity contribution is 6.30. The van der Waals surface area contributed by atoms with Crippen LogP contribution >= 0.6 is 11.6 Å². The predicted octanol–water partition coefficient (Wildman–Crippen LogP) is 3.60. The number of halogens is 1. The fourth-order valence-electron chi connectivity index (χ4n) is 2.09. The number of carbonyl (C=O) groups excluding carboxylic acids is 1. The van der Waals surface area contributed by atoms with Gasteiger partial charge in [-0.25, -0.2) is 0 Å². The van der Waals surface area contributed by atoms with Gasteiger partial charge in [-0.05, 0) is 31.2 Å². The van der Waals surface area contributed by atoms with Crippen molar-refractivity contribution in [2.24, 2.45) is 0 Å². The first kappa shape index (κ1) is 16.2. The van der Waals surface area contributed by atoms with Gasteiger partial charge in [0.1, 0.15) is 11.5 Å². The molecule has 0 unspecified atom stereocenters. The molecule has 0 saturated carbocycles. The lowest BCUT2D eigenvalue weighted by molar-refractivity contribution is -0.123. The van der Waals surface area contributed by atoms with Crippen molar-refractivity contribution in [2.75, 3.05) is 13.7 Å². The molecule has 0 radical (unpaired) electrons. The predicted molar refractivity (Wildman–Crippen MR) is 86.5 cm³/mol. The summed E-state index contributed by atoms with van der Waals surface area (Å²) in [6.45, 7) is 1.83. The maximum absolute atomic E-state index is 12.0. The molecule has 0 aliphatic heterocycles. The second kappa shape index (κ2) is 7.71. The van der Waals surface area contributed by atoms with Gasteiger partial charge in [-0.3, -0.25) is 4.79 Å². The fraction of sp³-hybridized carbons (Fsp3) is 0.235. The fourth-order valence-corrected chi connectivity index (χ4v) is 2.27. The molecular weight excluding hydrogens is 302 g/mol. The molecule has 1 N–H and O–H groups in total. The lowest BCUT2D eigenvalue weighted by Crippen LogP contribution is -2.31. The van der Waals surface area contributed by atoms with Crippen molar-refractivity contribution in [3.63, 3.8) is 0 Å². The summed E-state index contributed by atoms with van der Waals surface area (Å²) in [4.78, 5) is 12.0. The molecule has 0 fully saturated rings. The van der Waals surface area contributed by atoms with Gasteiger partial charge in [0.05, 0.1) is 13.2 Å². The minimum atomic E-state index is -0.210. The SMILES string of the molecule is COc1ccccc1[C@H](C)NC(=O)COc1cccc(Cl)c1. The Balaban J connectivity index is 1.91. The number of hydrogen-bond donors (Lipinski definition) is 1. The summed E-state index contributed by atoms with van der Waals surface area (Å²) in [6, 6.07) is 14.3. The maximum Gasteiger partial charge on any atom is 0.258 e. The van der Waals surface area contributed by atoms with Gasteiger partial charge in [0.2, 0.25) is 0 Å². The van der Waals surface area contributed by atoms with E-state index in [-0.39, 0.29) is 18.6 Å². The minimum absolute atomic E-state index is 0.0696. The smallest absolute Gasteiger partial charge is 0.258 e. The number of ether oxygens (including phenoxy) is 2. The maximum atomic E-state index is 12.0. The van der Waals surface area contributed by atoms with Gasteiger partial charge in [-0.2, -0.15) is 0 Å². The topological polar surface area (TPSA) is 47.6 Å². The van der Waals surface area contributed by atoms with Gasteiger partial charge in [0, 0.05) is 10.6 Å². The zero-order valence-corrected chi connectivity index (χ0v) is 13.3. The van der Waals surface area contributed by atoms with E-state index in [4.69, 9.17) is 21.1 Å². The molecule has 2 aromatic carbocycles. The van der Waals surface area contributed by atoms with Crippen molar-refractivity contribution in [1.29, 1.82) is 0 Å². The first-order chi connectivity index (χ1) is 10.6. The van der Waals surface area contributed by atoms with Crippen LogP contribution in [0.2, 0.25) is 5.02 Å². The third kappa shape index (κ3) is 4.40. The molecule has 0 aromatic heterocycles. The lowest BCUT2D eigenvalue weighted by Gasteiger charge is -2.17. The van der Waals surface area contributed by atoms with Crippen molar-refractivity contribution in [3.8, 4) is 11.5 Å². The monoisotopic (exact) mass is 319 g/mol. The zero-order valence-electron chi connectivity index (χ0n) is 12.5. The van der Waals surface area contributed by atoms with E-state index < -0.39 is 0 Å². The van der Waals surface area contributed by atoms with Crippen LogP contribution < -0.4 is 14.8 Å². The van der Waals surface area contributed by atoms with Crippen molar-refractivity contribution >= 4 is 17.5 Å². The summed E-state index contributed by atoms with van der Waals surface area (Å²) in [6.07, 6.45) is 0. The van der Waals surface area contributed by atoms with E-state index in [0.29, 0.717) is 10.8 Å². The Labute approximate surface area is 135 Å². The number of para-hydroxylation sites is 1. The highest BCUT2D eigenvalue weighted by Gasteiger charge is 2.13. The van der Waals surface area contributed by atoms with E-state index in [2.05, 4.69) is 5.32 Å². The standard InChI is InChI=1S/C17H18ClNO3/c1-12(15-8-3-4-9-16(15)21-2)19-17(20)11-22-14-7-5-6-13(18)10-14/h3-10,12H,11H2,1-2H3,(H,19,20)/t12-/m0/s1. The Bertz CT molecular complexity index is 645. The summed E-state index contributed by atoms with van der Waals surface area (Å²) < 4.78 is 10.7. The molecule has 0 bridgehead atoms. The lowest BCUT2D eigenvalue weighted by atomic mass is 10.1. The van der Waals surface area contributed by atoms with E-state index in [9.17, 15) is 4.79 Å². The number of nitrogens with one attached hydrogen (secondary N) is 1. The Morgan fingerprint density at radius 2 is 2.00 bits per heavy atom. The van der Waals surface area contributed by atoms with Gasteiger partial charge in [-0.1, -0.05) is 35.9 Å². The van der Waals surface area contributed by atoms with Crippen molar-refractivity contribution in [2.45, 2.75) is 13.0 Å².